The number of carbonyl (C=O) groups is 1. The third-order valence-corrected chi connectivity index (χ3v) is 2.08. The lowest BCUT2D eigenvalue weighted by atomic mass is 9.95. The molecule has 0 saturated heterocycles. The molecule has 2 N–H and O–H groups in total. The van der Waals surface area contributed by atoms with Crippen molar-refractivity contribution in [1.82, 2.24) is 10.6 Å². The van der Waals surface area contributed by atoms with Gasteiger partial charge in [-0.1, -0.05) is 0 Å². The Hall–Kier alpha value is -1.47. The van der Waals surface area contributed by atoms with Crippen molar-refractivity contribution in [3.63, 3.8) is 0 Å². The third-order valence-electron chi connectivity index (χ3n) is 2.08. The second kappa shape index (κ2) is 2.79. The molecule has 0 aliphatic heterocycles. The summed E-state index contributed by atoms with van der Waals surface area (Å²) in [6, 6.07) is -0.683. The Morgan fingerprint density at radius 2 is 2.54 bits per heavy atom. The highest BCUT2D eigenvalue weighted by atomic mass is 16.8. The van der Waals surface area contributed by atoms with Crippen LogP contribution in [-0.4, -0.2) is 22.2 Å². The number of Topliss-reactive ketones (excluding diaryl/α,β-unsaturated/α-hetero) is 1. The summed E-state index contributed by atoms with van der Waals surface area (Å²) < 4.78 is 4.26. The summed E-state index contributed by atoms with van der Waals surface area (Å²) in [6.07, 6.45) is 0.734. The summed E-state index contributed by atoms with van der Waals surface area (Å²) in [5.74, 6) is -0.415. The molecule has 13 heavy (non-hydrogen) atoms. The van der Waals surface area contributed by atoms with E-state index >= 15 is 0 Å². The van der Waals surface area contributed by atoms with Crippen molar-refractivity contribution in [3.8, 4) is 0 Å². The Balaban J connectivity index is 2.40. The summed E-state index contributed by atoms with van der Waals surface area (Å²) >= 11 is 0. The van der Waals surface area contributed by atoms with E-state index in [1.165, 1.54) is 0 Å². The number of hydroxylamine groups is 1. The number of nitrogens with zero attached hydrogens (tertiary/aromatic N) is 2. The van der Waals surface area contributed by atoms with Gasteiger partial charge in [-0.15, -0.1) is 0 Å². The Morgan fingerprint density at radius 1 is 1.77 bits per heavy atom. The SMILES string of the molecule is O=C1c2no[n+]([O-])c2CCC1NO. The van der Waals surface area contributed by atoms with Gasteiger partial charge in [-0.25, -0.2) is 0 Å². The molecule has 0 amide bonds. The van der Waals surface area contributed by atoms with E-state index in [1.54, 1.807) is 0 Å². The normalized spacial score (nSPS) is 21.6. The predicted octanol–water partition coefficient (Wildman–Crippen LogP) is -1.22. The monoisotopic (exact) mass is 185 g/mol. The minimum Gasteiger partial charge on any atom is -0.359 e. The lowest BCUT2D eigenvalue weighted by molar-refractivity contribution is -0.808. The molecule has 1 aromatic heterocycles. The Morgan fingerprint density at radius 3 is 3.23 bits per heavy atom. The van der Waals surface area contributed by atoms with Gasteiger partial charge < -0.3 is 10.4 Å². The van der Waals surface area contributed by atoms with Crippen molar-refractivity contribution >= 4 is 5.78 Å². The fraction of sp³-hybridized carbons (Fsp3) is 0.500. The van der Waals surface area contributed by atoms with E-state index in [1.807, 2.05) is 5.48 Å². The van der Waals surface area contributed by atoms with E-state index in [4.69, 9.17) is 5.21 Å². The van der Waals surface area contributed by atoms with Crippen LogP contribution in [0.15, 0.2) is 4.63 Å². The van der Waals surface area contributed by atoms with Crippen LogP contribution in [0.5, 0.6) is 0 Å². The first-order chi connectivity index (χ1) is 6.24. The second-order valence-electron chi connectivity index (χ2n) is 2.81. The summed E-state index contributed by atoms with van der Waals surface area (Å²) in [5, 5.41) is 22.7. The highest BCUT2D eigenvalue weighted by molar-refractivity contribution is 5.99. The number of rotatable bonds is 1. The molecule has 7 heteroatoms. The van der Waals surface area contributed by atoms with Crippen LogP contribution in [0.25, 0.3) is 0 Å². The van der Waals surface area contributed by atoms with Crippen LogP contribution in [0.3, 0.4) is 0 Å². The Kier molecular flexibility index (Phi) is 1.74. The summed E-state index contributed by atoms with van der Waals surface area (Å²) in [4.78, 5) is 11.6. The van der Waals surface area contributed by atoms with Gasteiger partial charge in [0, 0.05) is 11.6 Å². The maximum absolute atomic E-state index is 11.4. The van der Waals surface area contributed by atoms with E-state index in [0.717, 1.165) is 0 Å². The van der Waals surface area contributed by atoms with Crippen molar-refractivity contribution in [2.24, 2.45) is 0 Å². The van der Waals surface area contributed by atoms with Gasteiger partial charge in [0.2, 0.25) is 11.5 Å². The highest BCUT2D eigenvalue weighted by Crippen LogP contribution is 2.16. The maximum atomic E-state index is 11.4. The van der Waals surface area contributed by atoms with Gasteiger partial charge in [-0.05, 0) is 11.3 Å². The summed E-state index contributed by atoms with van der Waals surface area (Å²) in [6.45, 7) is 0. The molecule has 0 radical (unpaired) electrons. The van der Waals surface area contributed by atoms with E-state index < -0.39 is 11.8 Å². The van der Waals surface area contributed by atoms with Gasteiger partial charge in [-0.2, -0.15) is 5.48 Å². The first-order valence-corrected chi connectivity index (χ1v) is 3.76. The van der Waals surface area contributed by atoms with Crippen molar-refractivity contribution in [1.29, 1.82) is 0 Å². The van der Waals surface area contributed by atoms with Gasteiger partial charge in [-0.3, -0.25) is 9.42 Å². The molecule has 7 nitrogen and oxygen atoms in total. The summed E-state index contributed by atoms with van der Waals surface area (Å²) in [5.41, 5.74) is 2.10. The van der Waals surface area contributed by atoms with Crippen LogP contribution in [0.1, 0.15) is 22.6 Å². The van der Waals surface area contributed by atoms with Crippen molar-refractivity contribution < 1.29 is 19.5 Å². The predicted molar refractivity (Wildman–Crippen MR) is 36.8 cm³/mol. The van der Waals surface area contributed by atoms with Gasteiger partial charge in [0.1, 0.15) is 0 Å². The van der Waals surface area contributed by atoms with Gasteiger partial charge >= 0.3 is 0 Å². The Bertz CT molecular complexity index is 348. The third kappa shape index (κ3) is 1.09. The molecule has 0 spiro atoms. The number of ketones is 1. The zero-order valence-corrected chi connectivity index (χ0v) is 6.56. The fourth-order valence-electron chi connectivity index (χ4n) is 1.36. The van der Waals surface area contributed by atoms with Crippen LogP contribution in [0.2, 0.25) is 0 Å². The van der Waals surface area contributed by atoms with E-state index in [-0.39, 0.29) is 16.3 Å². The lowest BCUT2D eigenvalue weighted by Gasteiger charge is -2.14. The Labute approximate surface area is 72.4 Å². The molecule has 0 aromatic carbocycles. The van der Waals surface area contributed by atoms with Gasteiger partial charge in [0.05, 0.1) is 6.04 Å². The average Bonchev–Trinajstić information content (AvgIpc) is 2.50. The van der Waals surface area contributed by atoms with Gasteiger partial charge in [0.15, 0.2) is 0 Å². The van der Waals surface area contributed by atoms with Crippen molar-refractivity contribution in [2.75, 3.05) is 0 Å². The van der Waals surface area contributed by atoms with E-state index in [0.29, 0.717) is 12.8 Å². The lowest BCUT2D eigenvalue weighted by Crippen LogP contribution is -2.41. The average molecular weight is 185 g/mol. The molecule has 70 valence electrons. The smallest absolute Gasteiger partial charge is 0.288 e. The minimum atomic E-state index is -0.683. The molecule has 0 bridgehead atoms. The minimum absolute atomic E-state index is 0.00722. The molecule has 0 fully saturated rings. The molecular weight excluding hydrogens is 178 g/mol. The number of nitrogens with one attached hydrogen (secondary N) is 1. The standard InChI is InChI=1S/C6H7N3O4/c10-6-3(7-11)1-2-4-5(6)8-13-9(4)12/h3,7,11H,1-2H2. The van der Waals surface area contributed by atoms with Crippen LogP contribution in [-0.2, 0) is 6.42 Å². The van der Waals surface area contributed by atoms with Crippen molar-refractivity contribution in [3.05, 3.63) is 16.6 Å². The molecule has 2 rings (SSSR count). The number of hydrogen-bond donors (Lipinski definition) is 2. The molecule has 1 aliphatic rings. The first-order valence-electron chi connectivity index (χ1n) is 3.76. The number of fused-ring (bicyclic) bond motifs is 1. The van der Waals surface area contributed by atoms with E-state index in [9.17, 15) is 10.0 Å². The number of hydrogen-bond acceptors (Lipinski definition) is 6. The largest absolute Gasteiger partial charge is 0.359 e. The first kappa shape index (κ1) is 8.14. The molecule has 1 unspecified atom stereocenters. The molecular formula is C6H7N3O4. The molecule has 1 atom stereocenters. The fourth-order valence-corrected chi connectivity index (χ4v) is 1.36. The molecule has 1 aliphatic carbocycles. The van der Waals surface area contributed by atoms with Crippen LogP contribution in [0, 0.1) is 5.21 Å². The molecule has 0 saturated carbocycles. The zero-order chi connectivity index (χ0) is 9.42. The van der Waals surface area contributed by atoms with Crippen molar-refractivity contribution in [2.45, 2.75) is 18.9 Å². The van der Waals surface area contributed by atoms with E-state index in [2.05, 4.69) is 9.79 Å². The molecule has 1 heterocycles. The van der Waals surface area contributed by atoms with Crippen LogP contribution in [0.4, 0.5) is 0 Å². The second-order valence-corrected chi connectivity index (χ2v) is 2.81. The van der Waals surface area contributed by atoms with Crippen LogP contribution < -0.4 is 10.4 Å². The zero-order valence-electron chi connectivity index (χ0n) is 6.56. The number of carbonyl (C=O) groups excluding carboxylic acids is 1. The van der Waals surface area contributed by atoms with Crippen LogP contribution >= 0.6 is 0 Å². The highest BCUT2D eigenvalue weighted by Gasteiger charge is 2.36. The molecule has 1 aromatic rings. The number of aromatic nitrogens is 2. The van der Waals surface area contributed by atoms with Gasteiger partial charge in [0.25, 0.3) is 5.69 Å². The maximum Gasteiger partial charge on any atom is 0.288 e. The summed E-state index contributed by atoms with van der Waals surface area (Å²) in [7, 11) is 0. The quantitative estimate of drug-likeness (QED) is 0.420. The topological polar surface area (TPSA) is 102 Å².